The second-order valence-corrected chi connectivity index (χ2v) is 5.94. The Morgan fingerprint density at radius 1 is 1.19 bits per heavy atom. The first-order valence-corrected chi connectivity index (χ1v) is 7.96. The fourth-order valence-corrected chi connectivity index (χ4v) is 2.85. The van der Waals surface area contributed by atoms with Crippen molar-refractivity contribution in [2.45, 2.75) is 25.8 Å². The minimum absolute atomic E-state index is 0.387. The molecule has 1 heterocycles. The summed E-state index contributed by atoms with van der Waals surface area (Å²) in [6, 6.07) is 10.8. The lowest BCUT2D eigenvalue weighted by Crippen LogP contribution is -2.33. The quantitative estimate of drug-likeness (QED) is 0.829. The van der Waals surface area contributed by atoms with Crippen molar-refractivity contribution < 1.29 is 4.74 Å². The summed E-state index contributed by atoms with van der Waals surface area (Å²) in [5.41, 5.74) is 2.52. The van der Waals surface area contributed by atoms with Crippen LogP contribution in [0.4, 0.5) is 0 Å². The SMILES string of the molecule is CCNC(Cc1cncc(Br)c1)Cc1cccc(OC)c1. The van der Waals surface area contributed by atoms with Crippen LogP contribution in [-0.4, -0.2) is 24.7 Å². The lowest BCUT2D eigenvalue weighted by molar-refractivity contribution is 0.413. The van der Waals surface area contributed by atoms with E-state index in [1.54, 1.807) is 7.11 Å². The number of nitrogens with one attached hydrogen (secondary N) is 1. The molecule has 1 atom stereocenters. The molecule has 2 aromatic rings. The third-order valence-corrected chi connectivity index (χ3v) is 3.79. The summed E-state index contributed by atoms with van der Waals surface area (Å²) in [5.74, 6) is 0.909. The van der Waals surface area contributed by atoms with Gasteiger partial charge in [0.25, 0.3) is 0 Å². The first-order chi connectivity index (χ1) is 10.2. The van der Waals surface area contributed by atoms with Gasteiger partial charge in [0.05, 0.1) is 7.11 Å². The van der Waals surface area contributed by atoms with Crippen molar-refractivity contribution >= 4 is 15.9 Å². The largest absolute Gasteiger partial charge is 0.497 e. The minimum Gasteiger partial charge on any atom is -0.497 e. The van der Waals surface area contributed by atoms with Crippen LogP contribution in [0, 0.1) is 0 Å². The van der Waals surface area contributed by atoms with Crippen molar-refractivity contribution in [3.63, 3.8) is 0 Å². The number of pyridine rings is 1. The molecule has 112 valence electrons. The molecule has 3 nitrogen and oxygen atoms in total. The number of methoxy groups -OCH3 is 1. The van der Waals surface area contributed by atoms with Crippen molar-refractivity contribution in [2.75, 3.05) is 13.7 Å². The summed E-state index contributed by atoms with van der Waals surface area (Å²) < 4.78 is 6.32. The highest BCUT2D eigenvalue weighted by molar-refractivity contribution is 9.10. The highest BCUT2D eigenvalue weighted by atomic mass is 79.9. The summed E-state index contributed by atoms with van der Waals surface area (Å²) in [7, 11) is 1.70. The third-order valence-electron chi connectivity index (χ3n) is 3.35. The van der Waals surface area contributed by atoms with E-state index in [2.05, 4.69) is 51.4 Å². The fourth-order valence-electron chi connectivity index (χ4n) is 2.44. The molecule has 0 saturated carbocycles. The first-order valence-electron chi connectivity index (χ1n) is 7.17. The molecule has 0 aliphatic rings. The zero-order chi connectivity index (χ0) is 15.1. The van der Waals surface area contributed by atoms with E-state index < -0.39 is 0 Å². The Labute approximate surface area is 134 Å². The zero-order valence-electron chi connectivity index (χ0n) is 12.5. The van der Waals surface area contributed by atoms with Crippen molar-refractivity contribution in [3.05, 3.63) is 58.3 Å². The molecule has 0 amide bonds. The highest BCUT2D eigenvalue weighted by Gasteiger charge is 2.10. The van der Waals surface area contributed by atoms with Crippen molar-refractivity contribution in [1.29, 1.82) is 0 Å². The topological polar surface area (TPSA) is 34.2 Å². The molecule has 1 aromatic carbocycles. The van der Waals surface area contributed by atoms with Gasteiger partial charge in [-0.2, -0.15) is 0 Å². The van der Waals surface area contributed by atoms with Crippen LogP contribution in [0.1, 0.15) is 18.1 Å². The lowest BCUT2D eigenvalue weighted by Gasteiger charge is -2.18. The van der Waals surface area contributed by atoms with Crippen LogP contribution in [0.25, 0.3) is 0 Å². The predicted molar refractivity (Wildman–Crippen MR) is 89.8 cm³/mol. The number of hydrogen-bond donors (Lipinski definition) is 1. The number of ether oxygens (including phenoxy) is 1. The van der Waals surface area contributed by atoms with E-state index >= 15 is 0 Å². The molecular formula is C17H21BrN2O. The standard InChI is InChI=1S/C17H21BrN2O/c1-3-20-16(9-14-7-15(18)12-19-11-14)8-13-5-4-6-17(10-13)21-2/h4-7,10-12,16,20H,3,8-9H2,1-2H3. The van der Waals surface area contributed by atoms with Gasteiger partial charge in [-0.05, 0) is 64.6 Å². The van der Waals surface area contributed by atoms with Crippen molar-refractivity contribution in [1.82, 2.24) is 10.3 Å². The van der Waals surface area contributed by atoms with Crippen molar-refractivity contribution in [2.24, 2.45) is 0 Å². The van der Waals surface area contributed by atoms with Gasteiger partial charge in [-0.3, -0.25) is 4.98 Å². The molecular weight excluding hydrogens is 328 g/mol. The van der Waals surface area contributed by atoms with Crippen LogP contribution in [0.2, 0.25) is 0 Å². The Balaban J connectivity index is 2.07. The molecule has 1 unspecified atom stereocenters. The Hall–Kier alpha value is -1.39. The van der Waals surface area contributed by atoms with Crippen LogP contribution < -0.4 is 10.1 Å². The maximum atomic E-state index is 5.29. The Bertz CT molecular complexity index is 574. The summed E-state index contributed by atoms with van der Waals surface area (Å²) in [4.78, 5) is 4.24. The monoisotopic (exact) mass is 348 g/mol. The van der Waals surface area contributed by atoms with Gasteiger partial charge in [-0.15, -0.1) is 0 Å². The molecule has 0 bridgehead atoms. The van der Waals surface area contributed by atoms with Gasteiger partial charge in [0.15, 0.2) is 0 Å². The maximum absolute atomic E-state index is 5.29. The van der Waals surface area contributed by atoms with Crippen LogP contribution in [-0.2, 0) is 12.8 Å². The van der Waals surface area contributed by atoms with Gasteiger partial charge in [0.1, 0.15) is 5.75 Å². The second-order valence-electron chi connectivity index (χ2n) is 5.03. The van der Waals surface area contributed by atoms with Gasteiger partial charge in [0, 0.05) is 22.9 Å². The predicted octanol–water partition coefficient (Wildman–Crippen LogP) is 3.62. The number of rotatable bonds is 7. The molecule has 2 rings (SSSR count). The number of hydrogen-bond acceptors (Lipinski definition) is 3. The number of nitrogens with zero attached hydrogens (tertiary/aromatic N) is 1. The van der Waals surface area contributed by atoms with E-state index in [1.807, 2.05) is 24.5 Å². The summed E-state index contributed by atoms with van der Waals surface area (Å²) >= 11 is 3.48. The lowest BCUT2D eigenvalue weighted by atomic mass is 9.99. The maximum Gasteiger partial charge on any atom is 0.119 e. The molecule has 21 heavy (non-hydrogen) atoms. The Morgan fingerprint density at radius 3 is 2.71 bits per heavy atom. The van der Waals surface area contributed by atoms with Crippen LogP contribution in [0.5, 0.6) is 5.75 Å². The first kappa shape index (κ1) is 16.0. The van der Waals surface area contributed by atoms with Gasteiger partial charge < -0.3 is 10.1 Å². The normalized spacial score (nSPS) is 12.1. The summed E-state index contributed by atoms with van der Waals surface area (Å²) in [5, 5.41) is 3.55. The summed E-state index contributed by atoms with van der Waals surface area (Å²) in [6.45, 7) is 3.09. The van der Waals surface area contributed by atoms with E-state index in [0.717, 1.165) is 29.6 Å². The Kier molecular flexibility index (Phi) is 6.21. The average molecular weight is 349 g/mol. The number of likely N-dealkylation sites (N-methyl/N-ethyl adjacent to an activating group) is 1. The number of aromatic nitrogens is 1. The van der Waals surface area contributed by atoms with E-state index in [9.17, 15) is 0 Å². The zero-order valence-corrected chi connectivity index (χ0v) is 14.1. The molecule has 4 heteroatoms. The van der Waals surface area contributed by atoms with E-state index in [1.165, 1.54) is 11.1 Å². The number of halogens is 1. The van der Waals surface area contributed by atoms with Crippen molar-refractivity contribution in [3.8, 4) is 5.75 Å². The molecule has 0 spiro atoms. The van der Waals surface area contributed by atoms with Gasteiger partial charge in [-0.25, -0.2) is 0 Å². The van der Waals surface area contributed by atoms with Gasteiger partial charge in [-0.1, -0.05) is 19.1 Å². The van der Waals surface area contributed by atoms with E-state index in [-0.39, 0.29) is 0 Å². The van der Waals surface area contributed by atoms with Crippen LogP contribution >= 0.6 is 15.9 Å². The average Bonchev–Trinajstić information content (AvgIpc) is 2.48. The summed E-state index contributed by atoms with van der Waals surface area (Å²) in [6.07, 6.45) is 5.67. The smallest absolute Gasteiger partial charge is 0.119 e. The second kappa shape index (κ2) is 8.15. The number of benzene rings is 1. The molecule has 1 N–H and O–H groups in total. The highest BCUT2D eigenvalue weighted by Crippen LogP contribution is 2.16. The van der Waals surface area contributed by atoms with Crippen LogP contribution in [0.3, 0.4) is 0 Å². The fraction of sp³-hybridized carbons (Fsp3) is 0.353. The molecule has 0 radical (unpaired) electrons. The molecule has 0 aliphatic heterocycles. The van der Waals surface area contributed by atoms with Gasteiger partial charge in [0.2, 0.25) is 0 Å². The minimum atomic E-state index is 0.387. The van der Waals surface area contributed by atoms with Crippen LogP contribution in [0.15, 0.2) is 47.2 Å². The molecule has 1 aromatic heterocycles. The van der Waals surface area contributed by atoms with E-state index in [4.69, 9.17) is 4.74 Å². The molecule has 0 fully saturated rings. The molecule has 0 aliphatic carbocycles. The molecule has 0 saturated heterocycles. The Morgan fingerprint density at radius 2 is 2.00 bits per heavy atom. The third kappa shape index (κ3) is 5.14. The van der Waals surface area contributed by atoms with Gasteiger partial charge >= 0.3 is 0 Å². The van der Waals surface area contributed by atoms with E-state index in [0.29, 0.717) is 6.04 Å².